The molecule has 4 nitrogen and oxygen atoms in total. The maximum atomic E-state index is 12.4. The largest absolute Gasteiger partial charge is 0.497 e. The number of anilines is 2. The van der Waals surface area contributed by atoms with Gasteiger partial charge in [-0.25, -0.2) is 4.79 Å². The van der Waals surface area contributed by atoms with Crippen LogP contribution in [0.3, 0.4) is 0 Å². The Morgan fingerprint density at radius 3 is 2.32 bits per heavy atom. The molecule has 4 aromatic rings. The van der Waals surface area contributed by atoms with Crippen molar-refractivity contribution in [2.24, 2.45) is 0 Å². The van der Waals surface area contributed by atoms with E-state index in [2.05, 4.69) is 41.0 Å². The molecular formula is C24H18N2O2. The number of hydrogen-bond acceptors (Lipinski definition) is 2. The minimum Gasteiger partial charge on any atom is -0.497 e. The Bertz CT molecular complexity index is 1230. The predicted octanol–water partition coefficient (Wildman–Crippen LogP) is 6.14. The fourth-order valence-corrected chi connectivity index (χ4v) is 3.79. The first-order chi connectivity index (χ1) is 13.7. The van der Waals surface area contributed by atoms with Crippen molar-refractivity contribution in [2.75, 3.05) is 17.7 Å². The van der Waals surface area contributed by atoms with E-state index in [4.69, 9.17) is 4.74 Å². The molecule has 0 atom stereocenters. The lowest BCUT2D eigenvalue weighted by molar-refractivity contribution is 0.262. The number of para-hydroxylation sites is 1. The lowest BCUT2D eigenvalue weighted by Gasteiger charge is -2.17. The van der Waals surface area contributed by atoms with Crippen LogP contribution in [0.5, 0.6) is 5.75 Å². The molecule has 0 saturated heterocycles. The average Bonchev–Trinajstić information content (AvgIpc) is 2.87. The Hall–Kier alpha value is -3.79. The number of methoxy groups -OCH3 is 1. The van der Waals surface area contributed by atoms with Crippen LogP contribution >= 0.6 is 0 Å². The molecule has 4 heteroatoms. The van der Waals surface area contributed by atoms with Crippen molar-refractivity contribution in [2.45, 2.75) is 0 Å². The second-order valence-corrected chi connectivity index (χ2v) is 6.78. The van der Waals surface area contributed by atoms with E-state index in [0.29, 0.717) is 5.75 Å². The number of benzene rings is 4. The summed E-state index contributed by atoms with van der Waals surface area (Å²) in [6, 6.07) is 26.2. The van der Waals surface area contributed by atoms with Crippen molar-refractivity contribution in [3.05, 3.63) is 78.9 Å². The summed E-state index contributed by atoms with van der Waals surface area (Å²) < 4.78 is 5.52. The molecule has 28 heavy (non-hydrogen) atoms. The molecule has 2 amide bonds. The quantitative estimate of drug-likeness (QED) is 0.448. The second-order valence-electron chi connectivity index (χ2n) is 6.78. The number of rotatable bonds is 2. The van der Waals surface area contributed by atoms with E-state index >= 15 is 0 Å². The van der Waals surface area contributed by atoms with E-state index in [0.717, 1.165) is 33.6 Å². The summed E-state index contributed by atoms with van der Waals surface area (Å²) in [5.74, 6) is 0.696. The molecule has 0 radical (unpaired) electrons. The first kappa shape index (κ1) is 16.4. The van der Waals surface area contributed by atoms with Gasteiger partial charge in [-0.1, -0.05) is 54.6 Å². The Labute approximate surface area is 162 Å². The van der Waals surface area contributed by atoms with E-state index in [9.17, 15) is 4.79 Å². The van der Waals surface area contributed by atoms with Gasteiger partial charge >= 0.3 is 6.03 Å². The fraction of sp³-hybridized carbons (Fsp3) is 0.0417. The number of hydrogen-bond donors (Lipinski definition) is 2. The van der Waals surface area contributed by atoms with Gasteiger partial charge in [0.1, 0.15) is 5.75 Å². The summed E-state index contributed by atoms with van der Waals surface area (Å²) in [5.41, 5.74) is 5.54. The molecule has 4 aromatic carbocycles. The normalized spacial score (nSPS) is 12.4. The standard InChI is InChI=1S/C24H18N2O2/c1-28-18-13-20(17-11-10-15-6-2-3-7-16(15)12-17)23-19-8-4-5-9-21(19)25-24(27)26-22(23)14-18/h2-14H,1H3,(H2,25,26,27). The summed E-state index contributed by atoms with van der Waals surface area (Å²) in [6.07, 6.45) is 0. The van der Waals surface area contributed by atoms with Crippen molar-refractivity contribution in [3.8, 4) is 28.0 Å². The third-order valence-corrected chi connectivity index (χ3v) is 5.10. The fourth-order valence-electron chi connectivity index (χ4n) is 3.79. The SMILES string of the molecule is COc1cc2c(c(-c3ccc4ccccc4c3)c1)-c1ccccc1NC(=O)N2. The third kappa shape index (κ3) is 2.67. The molecule has 2 N–H and O–H groups in total. The molecule has 0 saturated carbocycles. The summed E-state index contributed by atoms with van der Waals surface area (Å²) in [4.78, 5) is 12.4. The van der Waals surface area contributed by atoms with Crippen molar-refractivity contribution >= 4 is 28.2 Å². The van der Waals surface area contributed by atoms with Gasteiger partial charge in [0.15, 0.2) is 0 Å². The van der Waals surface area contributed by atoms with Crippen LogP contribution in [0.1, 0.15) is 0 Å². The number of carbonyl (C=O) groups excluding carboxylic acids is 1. The van der Waals surface area contributed by atoms with Gasteiger partial charge < -0.3 is 15.4 Å². The zero-order chi connectivity index (χ0) is 19.1. The number of amides is 2. The number of fused-ring (bicyclic) bond motifs is 4. The van der Waals surface area contributed by atoms with Crippen LogP contribution in [0.25, 0.3) is 33.0 Å². The summed E-state index contributed by atoms with van der Waals surface area (Å²) >= 11 is 0. The molecule has 136 valence electrons. The van der Waals surface area contributed by atoms with Crippen LogP contribution in [-0.2, 0) is 0 Å². The molecule has 0 bridgehead atoms. The first-order valence-electron chi connectivity index (χ1n) is 9.11. The minimum absolute atomic E-state index is 0.260. The van der Waals surface area contributed by atoms with Gasteiger partial charge in [-0.2, -0.15) is 0 Å². The number of carbonyl (C=O) groups is 1. The highest BCUT2D eigenvalue weighted by molar-refractivity contribution is 6.11. The summed E-state index contributed by atoms with van der Waals surface area (Å²) in [6.45, 7) is 0. The van der Waals surface area contributed by atoms with Gasteiger partial charge in [0, 0.05) is 17.2 Å². The van der Waals surface area contributed by atoms with Gasteiger partial charge in [0.25, 0.3) is 0 Å². The Morgan fingerprint density at radius 2 is 1.46 bits per heavy atom. The van der Waals surface area contributed by atoms with Crippen LogP contribution in [0.15, 0.2) is 78.9 Å². The van der Waals surface area contributed by atoms with Gasteiger partial charge in [-0.15, -0.1) is 0 Å². The van der Waals surface area contributed by atoms with Gasteiger partial charge in [-0.05, 0) is 40.1 Å². The molecule has 0 spiro atoms. The highest BCUT2D eigenvalue weighted by Gasteiger charge is 2.22. The van der Waals surface area contributed by atoms with Crippen LogP contribution in [0.4, 0.5) is 16.2 Å². The average molecular weight is 366 g/mol. The first-order valence-corrected chi connectivity index (χ1v) is 9.11. The van der Waals surface area contributed by atoms with Gasteiger partial charge in [-0.3, -0.25) is 0 Å². The Morgan fingerprint density at radius 1 is 0.714 bits per heavy atom. The van der Waals surface area contributed by atoms with E-state index < -0.39 is 0 Å². The zero-order valence-electron chi connectivity index (χ0n) is 15.3. The van der Waals surface area contributed by atoms with Crippen LogP contribution in [0, 0.1) is 0 Å². The maximum absolute atomic E-state index is 12.4. The summed E-state index contributed by atoms with van der Waals surface area (Å²) in [7, 11) is 1.64. The molecular weight excluding hydrogens is 348 g/mol. The molecule has 1 heterocycles. The monoisotopic (exact) mass is 366 g/mol. The Kier molecular flexibility index (Phi) is 3.76. The van der Waals surface area contributed by atoms with Crippen molar-refractivity contribution in [1.82, 2.24) is 0 Å². The van der Waals surface area contributed by atoms with Gasteiger partial charge in [0.2, 0.25) is 0 Å². The summed E-state index contributed by atoms with van der Waals surface area (Å²) in [5, 5.41) is 8.24. The Balaban J connectivity index is 1.84. The molecule has 0 aromatic heterocycles. The third-order valence-electron chi connectivity index (χ3n) is 5.10. The van der Waals surface area contributed by atoms with E-state index in [1.54, 1.807) is 7.11 Å². The lowest BCUT2D eigenvalue weighted by atomic mass is 9.91. The van der Waals surface area contributed by atoms with Crippen LogP contribution in [-0.4, -0.2) is 13.1 Å². The minimum atomic E-state index is -0.260. The zero-order valence-corrected chi connectivity index (χ0v) is 15.3. The number of urea groups is 1. The molecule has 1 aliphatic heterocycles. The van der Waals surface area contributed by atoms with E-state index in [1.807, 2.05) is 48.5 Å². The van der Waals surface area contributed by atoms with Crippen LogP contribution < -0.4 is 15.4 Å². The molecule has 0 unspecified atom stereocenters. The lowest BCUT2D eigenvalue weighted by Crippen LogP contribution is -2.17. The molecule has 5 rings (SSSR count). The topological polar surface area (TPSA) is 50.4 Å². The van der Waals surface area contributed by atoms with E-state index in [-0.39, 0.29) is 6.03 Å². The number of ether oxygens (including phenoxy) is 1. The smallest absolute Gasteiger partial charge is 0.323 e. The molecule has 0 aliphatic carbocycles. The second kappa shape index (κ2) is 6.43. The highest BCUT2D eigenvalue weighted by Crippen LogP contribution is 2.45. The van der Waals surface area contributed by atoms with Crippen molar-refractivity contribution in [1.29, 1.82) is 0 Å². The molecule has 0 fully saturated rings. The highest BCUT2D eigenvalue weighted by atomic mass is 16.5. The maximum Gasteiger partial charge on any atom is 0.323 e. The van der Waals surface area contributed by atoms with Gasteiger partial charge in [0.05, 0.1) is 18.5 Å². The number of nitrogens with one attached hydrogen (secondary N) is 2. The van der Waals surface area contributed by atoms with Crippen molar-refractivity contribution < 1.29 is 9.53 Å². The van der Waals surface area contributed by atoms with Crippen molar-refractivity contribution in [3.63, 3.8) is 0 Å². The van der Waals surface area contributed by atoms with E-state index in [1.165, 1.54) is 10.8 Å². The molecule has 1 aliphatic rings. The van der Waals surface area contributed by atoms with Crippen LogP contribution in [0.2, 0.25) is 0 Å². The predicted molar refractivity (Wildman–Crippen MR) is 114 cm³/mol.